The van der Waals surface area contributed by atoms with Crippen molar-refractivity contribution in [1.29, 1.82) is 5.26 Å². The monoisotopic (exact) mass is 586 g/mol. The van der Waals surface area contributed by atoms with Crippen LogP contribution in [0.1, 0.15) is 62.0 Å². The molecule has 0 aliphatic carbocycles. The van der Waals surface area contributed by atoms with E-state index < -0.39 is 66.0 Å². The number of likely N-dealkylation sites (tertiary alicyclic amines) is 1. The summed E-state index contributed by atoms with van der Waals surface area (Å²) in [5, 5.41) is 20.1. The van der Waals surface area contributed by atoms with Crippen molar-refractivity contribution in [2.45, 2.75) is 63.6 Å². The predicted molar refractivity (Wildman–Crippen MR) is 148 cm³/mol. The summed E-state index contributed by atoms with van der Waals surface area (Å²) in [4.78, 5) is 18.3. The minimum Gasteiger partial charge on any atom is -0.444 e. The minimum absolute atomic E-state index is 0.109. The molecule has 2 aliphatic heterocycles. The van der Waals surface area contributed by atoms with Crippen molar-refractivity contribution >= 4 is 17.0 Å². The summed E-state index contributed by atoms with van der Waals surface area (Å²) in [7, 11) is 0. The lowest BCUT2D eigenvalue weighted by atomic mass is 9.81. The molecule has 1 saturated heterocycles. The number of aliphatic hydroxyl groups is 1. The van der Waals surface area contributed by atoms with Gasteiger partial charge in [-0.1, -0.05) is 18.2 Å². The van der Waals surface area contributed by atoms with Crippen LogP contribution in [0.2, 0.25) is 0 Å². The smallest absolute Gasteiger partial charge is 0.410 e. The van der Waals surface area contributed by atoms with Gasteiger partial charge in [-0.25, -0.2) is 22.4 Å². The summed E-state index contributed by atoms with van der Waals surface area (Å²) in [5.41, 5.74) is 0.941. The topological polar surface area (TPSA) is 92.6 Å². The molecule has 0 radical (unpaired) electrons. The van der Waals surface area contributed by atoms with Gasteiger partial charge in [0.25, 0.3) is 5.92 Å². The lowest BCUT2D eigenvalue weighted by Gasteiger charge is -2.43. The Balaban J connectivity index is 1.51. The summed E-state index contributed by atoms with van der Waals surface area (Å²) in [5.74, 6) is -6.68. The molecule has 3 aromatic rings. The number of benzene rings is 2. The second-order valence-electron chi connectivity index (χ2n) is 12.4. The van der Waals surface area contributed by atoms with Gasteiger partial charge in [0.2, 0.25) is 0 Å². The Bertz CT molecular complexity index is 1510. The van der Waals surface area contributed by atoms with E-state index in [0.29, 0.717) is 12.1 Å². The third-order valence-electron chi connectivity index (χ3n) is 8.07. The number of H-pyrrole nitrogens is 1. The van der Waals surface area contributed by atoms with Crippen LogP contribution in [0.15, 0.2) is 36.4 Å². The van der Waals surface area contributed by atoms with Gasteiger partial charge < -0.3 is 19.7 Å². The Morgan fingerprint density at radius 3 is 2.43 bits per heavy atom. The fraction of sp³-hybridized carbons (Fsp3) is 0.484. The van der Waals surface area contributed by atoms with Crippen molar-refractivity contribution in [3.63, 3.8) is 0 Å². The molecule has 1 fully saturated rings. The molecular weight excluding hydrogens is 552 g/mol. The van der Waals surface area contributed by atoms with E-state index in [2.05, 4.69) is 11.1 Å². The number of ether oxygens (including phenoxy) is 1. The quantitative estimate of drug-likeness (QED) is 0.352. The third-order valence-corrected chi connectivity index (χ3v) is 8.07. The van der Waals surface area contributed by atoms with Gasteiger partial charge >= 0.3 is 6.09 Å². The van der Waals surface area contributed by atoms with Crippen LogP contribution in [-0.2, 0) is 11.2 Å². The average Bonchev–Trinajstić information content (AvgIpc) is 3.23. The number of carbonyl (C=O) groups excluding carboxylic acids is 1. The molecule has 2 aromatic carbocycles. The highest BCUT2D eigenvalue weighted by molar-refractivity contribution is 5.85. The first-order chi connectivity index (χ1) is 19.7. The Labute approximate surface area is 241 Å². The van der Waals surface area contributed by atoms with Crippen LogP contribution in [0, 0.1) is 28.9 Å². The molecule has 42 heavy (non-hydrogen) atoms. The Kier molecular flexibility index (Phi) is 7.75. The number of alkyl halides is 2. The van der Waals surface area contributed by atoms with Gasteiger partial charge in [-0.3, -0.25) is 4.90 Å². The fourth-order valence-electron chi connectivity index (χ4n) is 6.08. The summed E-state index contributed by atoms with van der Waals surface area (Å²) in [6.07, 6.45) is -0.158. The number of hydrogen-bond acceptors (Lipinski definition) is 5. The van der Waals surface area contributed by atoms with E-state index in [1.807, 2.05) is 24.3 Å². The fourth-order valence-corrected chi connectivity index (χ4v) is 6.08. The van der Waals surface area contributed by atoms with E-state index in [1.54, 1.807) is 27.7 Å². The van der Waals surface area contributed by atoms with Crippen LogP contribution in [0.3, 0.4) is 0 Å². The molecule has 224 valence electrons. The minimum atomic E-state index is -3.50. The number of fused-ring (bicyclic) bond motifs is 3. The zero-order valence-corrected chi connectivity index (χ0v) is 23.9. The number of nitrogens with one attached hydrogen (secondary N) is 1. The highest BCUT2D eigenvalue weighted by Gasteiger charge is 2.44. The maximum absolute atomic E-state index is 16.0. The van der Waals surface area contributed by atoms with E-state index in [9.17, 15) is 23.9 Å². The van der Waals surface area contributed by atoms with Crippen molar-refractivity contribution in [3.8, 4) is 6.07 Å². The van der Waals surface area contributed by atoms with Gasteiger partial charge in [0.15, 0.2) is 0 Å². The van der Waals surface area contributed by atoms with Gasteiger partial charge in [-0.15, -0.1) is 0 Å². The molecular formula is C31H34F4N4O3. The summed E-state index contributed by atoms with van der Waals surface area (Å²) < 4.78 is 66.5. The number of aromatic nitrogens is 1. The highest BCUT2D eigenvalue weighted by atomic mass is 19.3. The van der Waals surface area contributed by atoms with Crippen LogP contribution in [0.5, 0.6) is 0 Å². The Hall–Kier alpha value is -3.62. The zero-order chi connectivity index (χ0) is 30.6. The lowest BCUT2D eigenvalue weighted by molar-refractivity contribution is -0.0869. The molecule has 11 heteroatoms. The molecule has 0 bridgehead atoms. The predicted octanol–water partition coefficient (Wildman–Crippen LogP) is 5.88. The number of nitriles is 1. The number of hydrogen-bond donors (Lipinski definition) is 2. The van der Waals surface area contributed by atoms with Crippen molar-refractivity contribution in [3.05, 3.63) is 70.4 Å². The maximum Gasteiger partial charge on any atom is 0.410 e. The number of halogens is 4. The molecule has 0 saturated carbocycles. The second-order valence-corrected chi connectivity index (χ2v) is 12.4. The first kappa shape index (κ1) is 29.9. The van der Waals surface area contributed by atoms with Gasteiger partial charge in [0.1, 0.15) is 23.8 Å². The molecule has 3 atom stereocenters. The Morgan fingerprint density at radius 2 is 1.83 bits per heavy atom. The van der Waals surface area contributed by atoms with Crippen molar-refractivity contribution in [2.24, 2.45) is 5.92 Å². The molecule has 7 nitrogen and oxygen atoms in total. The lowest BCUT2D eigenvalue weighted by Crippen LogP contribution is -2.53. The van der Waals surface area contributed by atoms with Crippen LogP contribution < -0.4 is 0 Å². The molecule has 1 aromatic heterocycles. The molecule has 3 heterocycles. The Morgan fingerprint density at radius 1 is 1.19 bits per heavy atom. The third kappa shape index (κ3) is 5.57. The van der Waals surface area contributed by atoms with E-state index in [-0.39, 0.29) is 24.6 Å². The standard InChI is InChI=1S/C31H34F4N4O3/c1-17-9-21-20-7-5-6-8-25(20)37-27(21)28(39(17)15-31(34,35)16-40)26-23(32)10-18(11-24(26)33)22(12-36)19-13-38(14-19)29(41)42-30(2,3)4/h5-8,10-11,17,19,22,28,37,40H,9,13-16H2,1-4H3/t17-,22?,28-/m1/s1. The first-order valence-electron chi connectivity index (χ1n) is 13.9. The van der Waals surface area contributed by atoms with Gasteiger partial charge in [-0.2, -0.15) is 5.26 Å². The van der Waals surface area contributed by atoms with Crippen LogP contribution in [0.4, 0.5) is 22.4 Å². The normalized spacial score (nSPS) is 20.6. The van der Waals surface area contributed by atoms with Gasteiger partial charge in [0, 0.05) is 47.2 Å². The number of aliphatic hydroxyl groups excluding tert-OH is 1. The molecule has 1 amide bonds. The van der Waals surface area contributed by atoms with E-state index in [0.717, 1.165) is 28.6 Å². The average molecular weight is 587 g/mol. The molecule has 0 spiro atoms. The van der Waals surface area contributed by atoms with E-state index in [1.165, 1.54) is 9.80 Å². The van der Waals surface area contributed by atoms with E-state index in [4.69, 9.17) is 4.74 Å². The van der Waals surface area contributed by atoms with Crippen LogP contribution in [-0.4, -0.2) is 69.8 Å². The summed E-state index contributed by atoms with van der Waals surface area (Å²) in [6, 6.07) is 9.87. The number of carbonyl (C=O) groups is 1. The number of aromatic amines is 1. The zero-order valence-electron chi connectivity index (χ0n) is 23.9. The summed E-state index contributed by atoms with van der Waals surface area (Å²) in [6.45, 7) is 5.02. The second kappa shape index (κ2) is 10.9. The van der Waals surface area contributed by atoms with Gasteiger partial charge in [-0.05, 0) is 63.4 Å². The maximum atomic E-state index is 16.0. The van der Waals surface area contributed by atoms with E-state index >= 15 is 8.78 Å². The number of nitrogens with zero attached hydrogens (tertiary/aromatic N) is 3. The number of amides is 1. The largest absolute Gasteiger partial charge is 0.444 e. The molecule has 5 rings (SSSR count). The molecule has 2 aliphatic rings. The van der Waals surface area contributed by atoms with Crippen molar-refractivity contribution in [1.82, 2.24) is 14.8 Å². The number of para-hydroxylation sites is 1. The van der Waals surface area contributed by atoms with Crippen molar-refractivity contribution in [2.75, 3.05) is 26.2 Å². The molecule has 1 unspecified atom stereocenters. The van der Waals surface area contributed by atoms with Crippen molar-refractivity contribution < 1.29 is 32.2 Å². The van der Waals surface area contributed by atoms with Gasteiger partial charge in [0.05, 0.1) is 24.6 Å². The van der Waals surface area contributed by atoms with Crippen LogP contribution >= 0.6 is 0 Å². The molecule has 2 N–H and O–H groups in total. The SMILES string of the molecule is C[C@@H]1Cc2c([nH]c3ccccc23)[C@@H](c2c(F)cc(C(C#N)C3CN(C(=O)OC(C)(C)C)C3)cc2F)N1CC(F)(F)CO. The van der Waals surface area contributed by atoms with Crippen LogP contribution in [0.25, 0.3) is 10.9 Å². The number of rotatable bonds is 6. The highest BCUT2D eigenvalue weighted by Crippen LogP contribution is 2.44. The first-order valence-corrected chi connectivity index (χ1v) is 13.9. The summed E-state index contributed by atoms with van der Waals surface area (Å²) >= 11 is 0.